The number of sulfone groups is 1. The van der Waals surface area contributed by atoms with Gasteiger partial charge in [0.15, 0.2) is 0 Å². The zero-order chi connectivity index (χ0) is 14.6. The molecule has 1 aromatic rings. The number of morpholine rings is 1. The number of ether oxygens (including phenoxy) is 1. The second kappa shape index (κ2) is 6.47. The molecule has 0 spiro atoms. The van der Waals surface area contributed by atoms with E-state index in [-0.39, 0.29) is 16.6 Å². The normalized spacial score (nSPS) is 20.1. The molecule has 1 unspecified atom stereocenters. The zero-order valence-electron chi connectivity index (χ0n) is 10.7. The summed E-state index contributed by atoms with van der Waals surface area (Å²) in [6, 6.07) is 5.68. The Hall–Kier alpha value is -1.25. The van der Waals surface area contributed by atoms with Crippen molar-refractivity contribution in [3.05, 3.63) is 24.3 Å². The number of anilines is 1. The van der Waals surface area contributed by atoms with Gasteiger partial charge in [-0.2, -0.15) is 8.78 Å². The van der Waals surface area contributed by atoms with Crippen LogP contribution in [0.25, 0.3) is 0 Å². The maximum absolute atomic E-state index is 12.6. The topological polar surface area (TPSA) is 67.4 Å². The molecule has 1 aromatic carbocycles. The third kappa shape index (κ3) is 3.44. The van der Waals surface area contributed by atoms with E-state index in [4.69, 9.17) is 4.74 Å². The van der Waals surface area contributed by atoms with Crippen LogP contribution >= 0.6 is 0 Å². The van der Waals surface area contributed by atoms with Gasteiger partial charge in [-0.25, -0.2) is 8.42 Å². The molecule has 1 saturated heterocycles. The molecule has 1 fully saturated rings. The summed E-state index contributed by atoms with van der Waals surface area (Å²) >= 11 is 0. The lowest BCUT2D eigenvalue weighted by molar-refractivity contribution is 0.0806. The molecule has 1 atom stereocenters. The highest BCUT2D eigenvalue weighted by atomic mass is 32.2. The maximum atomic E-state index is 12.6. The lowest BCUT2D eigenvalue weighted by Crippen LogP contribution is -2.45. The molecule has 5 nitrogen and oxygen atoms in total. The van der Waals surface area contributed by atoms with Crippen LogP contribution in [-0.2, 0) is 14.6 Å². The maximum Gasteiger partial charge on any atom is 0.341 e. The molecule has 0 aromatic heterocycles. The first-order valence-corrected chi connectivity index (χ1v) is 7.72. The molecule has 0 bridgehead atoms. The number of hydrogen-bond acceptors (Lipinski definition) is 5. The van der Waals surface area contributed by atoms with Crippen LogP contribution in [-0.4, -0.2) is 46.5 Å². The predicted octanol–water partition coefficient (Wildman–Crippen LogP) is 1.08. The van der Waals surface area contributed by atoms with E-state index < -0.39 is 15.6 Å². The van der Waals surface area contributed by atoms with E-state index in [1.54, 1.807) is 6.07 Å². The van der Waals surface area contributed by atoms with Crippen molar-refractivity contribution in [3.63, 3.8) is 0 Å². The SMILES string of the molecule is O=S(=O)(c1ccccc1NCC1COCCN1)C(F)F. The Labute approximate surface area is 116 Å². The average molecular weight is 306 g/mol. The van der Waals surface area contributed by atoms with E-state index in [2.05, 4.69) is 10.6 Å². The van der Waals surface area contributed by atoms with Gasteiger partial charge in [0.1, 0.15) is 0 Å². The van der Waals surface area contributed by atoms with Gasteiger partial charge in [-0.3, -0.25) is 0 Å². The number of para-hydroxylation sites is 1. The number of hydrogen-bond donors (Lipinski definition) is 2. The van der Waals surface area contributed by atoms with E-state index in [9.17, 15) is 17.2 Å². The Balaban J connectivity index is 2.12. The highest BCUT2D eigenvalue weighted by Crippen LogP contribution is 2.25. The van der Waals surface area contributed by atoms with Gasteiger partial charge in [0.25, 0.3) is 0 Å². The van der Waals surface area contributed by atoms with Gasteiger partial charge in [-0.05, 0) is 12.1 Å². The third-order valence-electron chi connectivity index (χ3n) is 2.97. The first-order chi connectivity index (χ1) is 9.51. The van der Waals surface area contributed by atoms with E-state index >= 15 is 0 Å². The van der Waals surface area contributed by atoms with Crippen molar-refractivity contribution in [1.29, 1.82) is 0 Å². The smallest absolute Gasteiger partial charge is 0.341 e. The second-order valence-corrected chi connectivity index (χ2v) is 6.29. The number of alkyl halides is 2. The van der Waals surface area contributed by atoms with Gasteiger partial charge >= 0.3 is 5.76 Å². The van der Waals surface area contributed by atoms with Gasteiger partial charge in [-0.1, -0.05) is 12.1 Å². The van der Waals surface area contributed by atoms with Crippen molar-refractivity contribution in [3.8, 4) is 0 Å². The molecular weight excluding hydrogens is 290 g/mol. The first-order valence-electron chi connectivity index (χ1n) is 6.18. The molecule has 0 aliphatic carbocycles. The van der Waals surface area contributed by atoms with Crippen molar-refractivity contribution < 1.29 is 21.9 Å². The minimum Gasteiger partial charge on any atom is -0.382 e. The molecular formula is C12H16F2N2O3S. The summed E-state index contributed by atoms with van der Waals surface area (Å²) in [7, 11) is -4.61. The number of rotatable bonds is 5. The Morgan fingerprint density at radius 1 is 1.40 bits per heavy atom. The third-order valence-corrected chi connectivity index (χ3v) is 4.40. The standard InChI is InChI=1S/C12H16F2N2O3S/c13-12(14)20(17,18)11-4-2-1-3-10(11)16-7-9-8-19-6-5-15-9/h1-4,9,12,15-16H,5-8H2. The fourth-order valence-electron chi connectivity index (χ4n) is 1.94. The minimum absolute atomic E-state index is 0.0195. The molecule has 0 radical (unpaired) electrons. The average Bonchev–Trinajstić information content (AvgIpc) is 2.46. The quantitative estimate of drug-likeness (QED) is 0.852. The summed E-state index contributed by atoms with van der Waals surface area (Å²) in [4.78, 5) is -0.383. The summed E-state index contributed by atoms with van der Waals surface area (Å²) in [5, 5.41) is 6.07. The highest BCUT2D eigenvalue weighted by molar-refractivity contribution is 7.91. The van der Waals surface area contributed by atoms with Crippen molar-refractivity contribution in [2.45, 2.75) is 16.7 Å². The number of halogens is 2. The molecule has 1 aliphatic heterocycles. The predicted molar refractivity (Wildman–Crippen MR) is 70.7 cm³/mol. The van der Waals surface area contributed by atoms with Crippen LogP contribution in [0.1, 0.15) is 0 Å². The number of benzene rings is 1. The van der Waals surface area contributed by atoms with Crippen molar-refractivity contribution >= 4 is 15.5 Å². The summed E-state index contributed by atoms with van der Waals surface area (Å²) < 4.78 is 53.7. The van der Waals surface area contributed by atoms with Crippen LogP contribution in [0, 0.1) is 0 Å². The Kier molecular flexibility index (Phi) is 4.90. The molecule has 20 heavy (non-hydrogen) atoms. The van der Waals surface area contributed by atoms with Crippen LogP contribution in [0.2, 0.25) is 0 Å². The fraction of sp³-hybridized carbons (Fsp3) is 0.500. The molecule has 8 heteroatoms. The molecule has 1 aliphatic rings. The van der Waals surface area contributed by atoms with Crippen LogP contribution < -0.4 is 10.6 Å². The van der Waals surface area contributed by atoms with E-state index in [1.165, 1.54) is 18.2 Å². The Bertz CT molecular complexity index is 545. The fourth-order valence-corrected chi connectivity index (χ4v) is 2.85. The van der Waals surface area contributed by atoms with E-state index in [1.807, 2.05) is 0 Å². The van der Waals surface area contributed by atoms with Gasteiger partial charge in [0.05, 0.1) is 23.8 Å². The lowest BCUT2D eigenvalue weighted by atomic mass is 10.2. The van der Waals surface area contributed by atoms with Gasteiger partial charge in [-0.15, -0.1) is 0 Å². The lowest BCUT2D eigenvalue weighted by Gasteiger charge is -2.24. The monoisotopic (exact) mass is 306 g/mol. The van der Waals surface area contributed by atoms with Gasteiger partial charge in [0.2, 0.25) is 9.84 Å². The van der Waals surface area contributed by atoms with Crippen LogP contribution in [0.5, 0.6) is 0 Å². The molecule has 1 heterocycles. The Morgan fingerprint density at radius 2 is 2.15 bits per heavy atom. The molecule has 0 amide bonds. The van der Waals surface area contributed by atoms with Gasteiger partial charge < -0.3 is 15.4 Å². The van der Waals surface area contributed by atoms with Crippen LogP contribution in [0.4, 0.5) is 14.5 Å². The molecule has 2 rings (SSSR count). The molecule has 112 valence electrons. The first kappa shape index (κ1) is 15.1. The second-order valence-electron chi connectivity index (χ2n) is 4.41. The van der Waals surface area contributed by atoms with Crippen LogP contribution in [0.15, 0.2) is 29.2 Å². The summed E-state index contributed by atoms with van der Waals surface area (Å²) in [6.07, 6.45) is 0. The molecule has 2 N–H and O–H groups in total. The zero-order valence-corrected chi connectivity index (χ0v) is 11.5. The van der Waals surface area contributed by atoms with Crippen molar-refractivity contribution in [2.75, 3.05) is 31.6 Å². The highest BCUT2D eigenvalue weighted by Gasteiger charge is 2.29. The number of nitrogens with one attached hydrogen (secondary N) is 2. The van der Waals surface area contributed by atoms with Crippen LogP contribution in [0.3, 0.4) is 0 Å². The van der Waals surface area contributed by atoms with E-state index in [0.717, 1.165) is 0 Å². The summed E-state index contributed by atoms with van der Waals surface area (Å²) in [5.74, 6) is -3.43. The molecule has 0 saturated carbocycles. The largest absolute Gasteiger partial charge is 0.382 e. The summed E-state index contributed by atoms with van der Waals surface area (Å²) in [6.45, 7) is 2.24. The minimum atomic E-state index is -4.61. The van der Waals surface area contributed by atoms with Crippen molar-refractivity contribution in [1.82, 2.24) is 5.32 Å². The van der Waals surface area contributed by atoms with E-state index in [0.29, 0.717) is 26.3 Å². The van der Waals surface area contributed by atoms with Gasteiger partial charge in [0, 0.05) is 19.1 Å². The van der Waals surface area contributed by atoms with Crippen molar-refractivity contribution in [2.24, 2.45) is 0 Å². The summed E-state index contributed by atoms with van der Waals surface area (Å²) in [5.41, 5.74) is 0.181. The Morgan fingerprint density at radius 3 is 2.80 bits per heavy atom.